The van der Waals surface area contributed by atoms with E-state index in [1.165, 1.54) is 5.56 Å². The number of carbonyl (C=O) groups is 1. The molecular formula is C24H34N4O2. The molecule has 0 radical (unpaired) electrons. The third-order valence-electron chi connectivity index (χ3n) is 4.90. The van der Waals surface area contributed by atoms with Crippen LogP contribution in [0.4, 0.5) is 0 Å². The predicted octanol–water partition coefficient (Wildman–Crippen LogP) is 3.74. The van der Waals surface area contributed by atoms with Crippen LogP contribution in [0.3, 0.4) is 0 Å². The van der Waals surface area contributed by atoms with Crippen LogP contribution < -0.4 is 15.4 Å². The van der Waals surface area contributed by atoms with E-state index in [9.17, 15) is 4.79 Å². The van der Waals surface area contributed by atoms with Crippen molar-refractivity contribution >= 4 is 11.9 Å². The molecule has 0 atom stereocenters. The fourth-order valence-corrected chi connectivity index (χ4v) is 3.13. The van der Waals surface area contributed by atoms with Crippen molar-refractivity contribution in [2.45, 2.75) is 40.8 Å². The lowest BCUT2D eigenvalue weighted by Crippen LogP contribution is -2.36. The van der Waals surface area contributed by atoms with Crippen molar-refractivity contribution < 1.29 is 9.53 Å². The molecule has 6 heteroatoms. The summed E-state index contributed by atoms with van der Waals surface area (Å²) in [5.74, 6) is 1.67. The molecule has 6 nitrogen and oxygen atoms in total. The van der Waals surface area contributed by atoms with Gasteiger partial charge in [-0.25, -0.2) is 4.99 Å². The summed E-state index contributed by atoms with van der Waals surface area (Å²) in [6, 6.07) is 13.9. The molecule has 0 aliphatic carbocycles. The Hall–Kier alpha value is -3.02. The summed E-state index contributed by atoms with van der Waals surface area (Å²) in [5.41, 5.74) is 4.01. The van der Waals surface area contributed by atoms with Crippen LogP contribution in [-0.4, -0.2) is 43.5 Å². The summed E-state index contributed by atoms with van der Waals surface area (Å²) in [7, 11) is 1.69. The highest BCUT2D eigenvalue weighted by molar-refractivity contribution is 5.94. The van der Waals surface area contributed by atoms with Crippen LogP contribution in [0.15, 0.2) is 47.5 Å². The number of amides is 1. The number of aliphatic imine (C=N–C) groups is 1. The van der Waals surface area contributed by atoms with Crippen LogP contribution in [0, 0.1) is 6.92 Å². The molecule has 1 amide bonds. The molecule has 0 aliphatic heterocycles. The monoisotopic (exact) mass is 410 g/mol. The van der Waals surface area contributed by atoms with Gasteiger partial charge in [0.25, 0.3) is 5.91 Å². The Morgan fingerprint density at radius 1 is 1.03 bits per heavy atom. The van der Waals surface area contributed by atoms with Crippen LogP contribution in [-0.2, 0) is 13.1 Å². The maximum Gasteiger partial charge on any atom is 0.253 e. The number of carbonyl (C=O) groups excluding carboxylic acids is 1. The summed E-state index contributed by atoms with van der Waals surface area (Å²) in [5, 5.41) is 6.63. The van der Waals surface area contributed by atoms with Crippen molar-refractivity contribution in [3.05, 3.63) is 64.7 Å². The molecule has 0 saturated heterocycles. The minimum Gasteiger partial charge on any atom is -0.496 e. The molecule has 2 aromatic carbocycles. The van der Waals surface area contributed by atoms with Gasteiger partial charge < -0.3 is 20.3 Å². The minimum absolute atomic E-state index is 0.0668. The van der Waals surface area contributed by atoms with Gasteiger partial charge in [-0.3, -0.25) is 4.79 Å². The largest absolute Gasteiger partial charge is 0.496 e. The summed E-state index contributed by atoms with van der Waals surface area (Å²) in [4.78, 5) is 18.9. The molecule has 0 fully saturated rings. The molecule has 0 spiro atoms. The van der Waals surface area contributed by atoms with Gasteiger partial charge in [0.05, 0.1) is 13.7 Å². The number of rotatable bonds is 9. The van der Waals surface area contributed by atoms with Crippen LogP contribution in [0.2, 0.25) is 0 Å². The van der Waals surface area contributed by atoms with Crippen molar-refractivity contribution in [2.24, 2.45) is 4.99 Å². The third kappa shape index (κ3) is 6.51. The average molecular weight is 411 g/mol. The molecule has 2 N–H and O–H groups in total. The van der Waals surface area contributed by atoms with Crippen molar-refractivity contribution in [3.8, 4) is 5.75 Å². The van der Waals surface area contributed by atoms with E-state index < -0.39 is 0 Å². The highest BCUT2D eigenvalue weighted by atomic mass is 16.5. The van der Waals surface area contributed by atoms with Gasteiger partial charge in [0.1, 0.15) is 5.75 Å². The van der Waals surface area contributed by atoms with Crippen molar-refractivity contribution in [1.29, 1.82) is 0 Å². The van der Waals surface area contributed by atoms with Gasteiger partial charge in [-0.1, -0.05) is 24.3 Å². The zero-order chi connectivity index (χ0) is 21.9. The first-order valence-corrected chi connectivity index (χ1v) is 10.6. The summed E-state index contributed by atoms with van der Waals surface area (Å²) in [6.45, 7) is 11.4. The number of nitrogens with one attached hydrogen (secondary N) is 2. The van der Waals surface area contributed by atoms with Gasteiger partial charge in [-0.15, -0.1) is 0 Å². The van der Waals surface area contributed by atoms with Crippen molar-refractivity contribution in [1.82, 2.24) is 15.5 Å². The topological polar surface area (TPSA) is 66.0 Å². The molecule has 2 rings (SSSR count). The Bertz CT molecular complexity index is 843. The van der Waals surface area contributed by atoms with E-state index in [1.807, 2.05) is 62.9 Å². The van der Waals surface area contributed by atoms with Crippen LogP contribution in [0.25, 0.3) is 0 Å². The predicted molar refractivity (Wildman–Crippen MR) is 123 cm³/mol. The van der Waals surface area contributed by atoms with E-state index in [-0.39, 0.29) is 5.91 Å². The molecule has 0 saturated carbocycles. The number of hydrogen-bond acceptors (Lipinski definition) is 3. The van der Waals surface area contributed by atoms with E-state index in [0.717, 1.165) is 29.4 Å². The molecule has 30 heavy (non-hydrogen) atoms. The average Bonchev–Trinajstić information content (AvgIpc) is 2.77. The van der Waals surface area contributed by atoms with Gasteiger partial charge in [0.2, 0.25) is 0 Å². The molecule has 0 unspecified atom stereocenters. The number of methoxy groups -OCH3 is 1. The lowest BCUT2D eigenvalue weighted by Gasteiger charge is -2.18. The Morgan fingerprint density at radius 2 is 1.73 bits per heavy atom. The van der Waals surface area contributed by atoms with Crippen molar-refractivity contribution in [2.75, 3.05) is 26.7 Å². The van der Waals surface area contributed by atoms with E-state index in [1.54, 1.807) is 7.11 Å². The van der Waals surface area contributed by atoms with Crippen molar-refractivity contribution in [3.63, 3.8) is 0 Å². The summed E-state index contributed by atoms with van der Waals surface area (Å²) >= 11 is 0. The normalized spacial score (nSPS) is 11.2. The quantitative estimate of drug-likeness (QED) is 0.488. The van der Waals surface area contributed by atoms with E-state index in [4.69, 9.17) is 4.74 Å². The van der Waals surface area contributed by atoms with Crippen LogP contribution >= 0.6 is 0 Å². The lowest BCUT2D eigenvalue weighted by molar-refractivity contribution is 0.0773. The highest BCUT2D eigenvalue weighted by Gasteiger charge is 2.12. The molecule has 0 aliphatic rings. The smallest absolute Gasteiger partial charge is 0.253 e. The van der Waals surface area contributed by atoms with Gasteiger partial charge in [-0.2, -0.15) is 0 Å². The Labute approximate surface area is 180 Å². The van der Waals surface area contributed by atoms with E-state index in [0.29, 0.717) is 31.7 Å². The Balaban J connectivity index is 2.03. The van der Waals surface area contributed by atoms with Gasteiger partial charge in [0, 0.05) is 37.3 Å². The second-order valence-electron chi connectivity index (χ2n) is 7.04. The molecular weight excluding hydrogens is 376 g/mol. The molecule has 0 heterocycles. The summed E-state index contributed by atoms with van der Waals surface area (Å²) < 4.78 is 5.48. The second-order valence-corrected chi connectivity index (χ2v) is 7.04. The number of hydrogen-bond donors (Lipinski definition) is 2. The second kappa shape index (κ2) is 11.9. The molecule has 0 bridgehead atoms. The van der Waals surface area contributed by atoms with E-state index in [2.05, 4.69) is 27.8 Å². The highest BCUT2D eigenvalue weighted by Crippen LogP contribution is 2.19. The first-order valence-electron chi connectivity index (χ1n) is 10.6. The first-order chi connectivity index (χ1) is 14.5. The Morgan fingerprint density at radius 3 is 2.33 bits per heavy atom. The van der Waals surface area contributed by atoms with Gasteiger partial charge in [-0.05, 0) is 57.0 Å². The van der Waals surface area contributed by atoms with Gasteiger partial charge >= 0.3 is 0 Å². The van der Waals surface area contributed by atoms with Crippen LogP contribution in [0.5, 0.6) is 5.75 Å². The maximum atomic E-state index is 12.4. The van der Waals surface area contributed by atoms with Crippen LogP contribution in [0.1, 0.15) is 47.8 Å². The SMILES string of the molecule is CCNC(=NCc1ccc(C(=O)N(CC)CC)cc1)NCc1ccc(C)cc1OC. The maximum absolute atomic E-state index is 12.4. The number of aryl methyl sites for hydroxylation is 1. The number of guanidine groups is 1. The number of nitrogens with zero attached hydrogens (tertiary/aromatic N) is 2. The molecule has 162 valence electrons. The Kier molecular flexibility index (Phi) is 9.19. The minimum atomic E-state index is 0.0668. The zero-order valence-corrected chi connectivity index (χ0v) is 18.8. The summed E-state index contributed by atoms with van der Waals surface area (Å²) in [6.07, 6.45) is 0. The van der Waals surface area contributed by atoms with Gasteiger partial charge in [0.15, 0.2) is 5.96 Å². The zero-order valence-electron chi connectivity index (χ0n) is 18.8. The van der Waals surface area contributed by atoms with E-state index >= 15 is 0 Å². The molecule has 0 aromatic heterocycles. The molecule has 2 aromatic rings. The number of ether oxygens (including phenoxy) is 1. The fraction of sp³-hybridized carbons (Fsp3) is 0.417. The number of benzene rings is 2. The fourth-order valence-electron chi connectivity index (χ4n) is 3.13. The lowest BCUT2D eigenvalue weighted by atomic mass is 10.1. The standard InChI is InChI=1S/C24H34N4O2/c1-6-25-24(27-17-21-12-9-18(4)15-22(21)30-5)26-16-19-10-13-20(14-11-19)23(29)28(7-2)8-3/h9-15H,6-8,16-17H2,1-5H3,(H2,25,26,27). The third-order valence-corrected chi connectivity index (χ3v) is 4.90. The first kappa shape index (κ1) is 23.3.